The van der Waals surface area contributed by atoms with E-state index in [1.807, 2.05) is 6.07 Å². The van der Waals surface area contributed by atoms with Gasteiger partial charge in [0.25, 0.3) is 0 Å². The lowest BCUT2D eigenvalue weighted by atomic mass is 10.1. The molecule has 1 fully saturated rings. The summed E-state index contributed by atoms with van der Waals surface area (Å²) in [6.07, 6.45) is 2.47. The fourth-order valence-electron chi connectivity index (χ4n) is 1.84. The Morgan fingerprint density at radius 3 is 2.83 bits per heavy atom. The third kappa shape index (κ3) is 2.57. The topological polar surface area (TPSA) is 25.2 Å². The summed E-state index contributed by atoms with van der Waals surface area (Å²) in [4.78, 5) is 0. The molecule has 0 radical (unpaired) electrons. The molecule has 2 nitrogen and oxygen atoms in total. The van der Waals surface area contributed by atoms with Crippen LogP contribution in [0.3, 0.4) is 0 Å². The van der Waals surface area contributed by atoms with Crippen LogP contribution in [0.5, 0.6) is 0 Å². The summed E-state index contributed by atoms with van der Waals surface area (Å²) in [5.74, 6) is 1.00. The Kier molecular flexibility index (Phi) is 3.10. The Morgan fingerprint density at radius 1 is 1.28 bits per heavy atom. The summed E-state index contributed by atoms with van der Waals surface area (Å²) in [6.45, 7) is 0.694. The Bertz CT molecular complexity index is 563. The first-order chi connectivity index (χ1) is 8.72. The lowest BCUT2D eigenvalue weighted by Crippen LogP contribution is -2.14. The minimum absolute atomic E-state index is 0.362. The molecule has 2 aromatic rings. The predicted octanol–water partition coefficient (Wildman–Crippen LogP) is 3.99. The number of rotatable bonds is 4. The van der Waals surface area contributed by atoms with Crippen LogP contribution >= 0.6 is 11.6 Å². The normalized spacial score (nSPS) is 15.0. The van der Waals surface area contributed by atoms with Gasteiger partial charge < -0.3 is 9.73 Å². The Morgan fingerprint density at radius 2 is 2.11 bits per heavy atom. The van der Waals surface area contributed by atoms with E-state index in [4.69, 9.17) is 16.0 Å². The summed E-state index contributed by atoms with van der Waals surface area (Å²) >= 11 is 5.72. The fraction of sp³-hybridized carbons (Fsp3) is 0.286. The van der Waals surface area contributed by atoms with E-state index in [0.717, 1.165) is 5.76 Å². The molecule has 0 aliphatic heterocycles. The van der Waals surface area contributed by atoms with Gasteiger partial charge in [-0.05, 0) is 43.2 Å². The minimum Gasteiger partial charge on any atom is -0.460 e. The molecule has 3 rings (SSSR count). The van der Waals surface area contributed by atoms with Crippen molar-refractivity contribution in [1.82, 2.24) is 5.32 Å². The fourth-order valence-corrected chi connectivity index (χ4v) is 2.00. The number of hydrogen-bond acceptors (Lipinski definition) is 2. The molecule has 1 heterocycles. The van der Waals surface area contributed by atoms with Crippen LogP contribution in [0.25, 0.3) is 11.3 Å². The number of furan rings is 1. The van der Waals surface area contributed by atoms with Crippen molar-refractivity contribution in [2.75, 3.05) is 0 Å². The maximum absolute atomic E-state index is 13.7. The maximum Gasteiger partial charge on any atom is 0.137 e. The van der Waals surface area contributed by atoms with Gasteiger partial charge in [0.15, 0.2) is 0 Å². The van der Waals surface area contributed by atoms with E-state index in [-0.39, 0.29) is 5.82 Å². The lowest BCUT2D eigenvalue weighted by molar-refractivity contribution is 0.489. The number of halogens is 2. The van der Waals surface area contributed by atoms with Crippen LogP contribution in [0.2, 0.25) is 5.02 Å². The average molecular weight is 266 g/mol. The standard InChI is InChI=1S/C14H13ClFNO/c15-9-1-5-12(13(16)7-9)14-6-4-11(18-14)8-17-10-2-3-10/h1,4-7,10,17H,2-3,8H2. The third-order valence-electron chi connectivity index (χ3n) is 3.00. The molecule has 0 bridgehead atoms. The van der Waals surface area contributed by atoms with Crippen LogP contribution in [0.4, 0.5) is 4.39 Å². The van der Waals surface area contributed by atoms with Gasteiger partial charge in [0.05, 0.1) is 12.1 Å². The van der Waals surface area contributed by atoms with Crippen LogP contribution < -0.4 is 5.32 Å². The second kappa shape index (κ2) is 4.75. The molecule has 18 heavy (non-hydrogen) atoms. The zero-order chi connectivity index (χ0) is 12.5. The van der Waals surface area contributed by atoms with Crippen molar-refractivity contribution in [3.8, 4) is 11.3 Å². The smallest absolute Gasteiger partial charge is 0.137 e. The van der Waals surface area contributed by atoms with Gasteiger partial charge in [-0.3, -0.25) is 0 Å². The Labute approximate surface area is 110 Å². The average Bonchev–Trinajstić information content (AvgIpc) is 3.05. The van der Waals surface area contributed by atoms with E-state index in [1.54, 1.807) is 18.2 Å². The van der Waals surface area contributed by atoms with Crippen LogP contribution in [0.15, 0.2) is 34.7 Å². The van der Waals surface area contributed by atoms with Crippen molar-refractivity contribution in [3.05, 3.63) is 46.9 Å². The van der Waals surface area contributed by atoms with E-state index in [2.05, 4.69) is 5.32 Å². The molecular weight excluding hydrogens is 253 g/mol. The molecule has 0 unspecified atom stereocenters. The molecule has 1 saturated carbocycles. The van der Waals surface area contributed by atoms with E-state index >= 15 is 0 Å². The van der Waals surface area contributed by atoms with Crippen LogP contribution in [-0.2, 0) is 6.54 Å². The van der Waals surface area contributed by atoms with E-state index < -0.39 is 0 Å². The Hall–Kier alpha value is -1.32. The van der Waals surface area contributed by atoms with Crippen LogP contribution in [0, 0.1) is 5.82 Å². The van der Waals surface area contributed by atoms with Gasteiger partial charge in [0.1, 0.15) is 17.3 Å². The molecule has 0 saturated heterocycles. The van der Waals surface area contributed by atoms with Gasteiger partial charge in [-0.2, -0.15) is 0 Å². The number of nitrogens with one attached hydrogen (secondary N) is 1. The van der Waals surface area contributed by atoms with Crippen molar-refractivity contribution in [1.29, 1.82) is 0 Å². The van der Waals surface area contributed by atoms with Gasteiger partial charge in [-0.1, -0.05) is 11.6 Å². The second-order valence-electron chi connectivity index (χ2n) is 4.55. The molecule has 1 aromatic carbocycles. The summed E-state index contributed by atoms with van der Waals surface area (Å²) in [5.41, 5.74) is 0.442. The molecule has 0 atom stereocenters. The molecule has 1 aliphatic carbocycles. The maximum atomic E-state index is 13.7. The van der Waals surface area contributed by atoms with Crippen molar-refractivity contribution >= 4 is 11.6 Å². The molecule has 1 aromatic heterocycles. The monoisotopic (exact) mass is 265 g/mol. The first kappa shape index (κ1) is 11.8. The zero-order valence-corrected chi connectivity index (χ0v) is 10.5. The van der Waals surface area contributed by atoms with Crippen molar-refractivity contribution in [2.45, 2.75) is 25.4 Å². The largest absolute Gasteiger partial charge is 0.460 e. The number of hydrogen-bond donors (Lipinski definition) is 1. The minimum atomic E-state index is -0.362. The first-order valence-corrected chi connectivity index (χ1v) is 6.38. The van der Waals surface area contributed by atoms with Crippen molar-refractivity contribution in [3.63, 3.8) is 0 Å². The third-order valence-corrected chi connectivity index (χ3v) is 3.24. The van der Waals surface area contributed by atoms with Crippen LogP contribution in [0.1, 0.15) is 18.6 Å². The first-order valence-electron chi connectivity index (χ1n) is 6.00. The molecule has 1 N–H and O–H groups in total. The zero-order valence-electron chi connectivity index (χ0n) is 9.75. The highest BCUT2D eigenvalue weighted by molar-refractivity contribution is 6.30. The molecule has 0 amide bonds. The molecule has 1 aliphatic rings. The SMILES string of the molecule is Fc1cc(Cl)ccc1-c1ccc(CNC2CC2)o1. The quantitative estimate of drug-likeness (QED) is 0.904. The van der Waals surface area contributed by atoms with Crippen LogP contribution in [-0.4, -0.2) is 6.04 Å². The highest BCUT2D eigenvalue weighted by atomic mass is 35.5. The van der Waals surface area contributed by atoms with Gasteiger partial charge >= 0.3 is 0 Å². The predicted molar refractivity (Wildman–Crippen MR) is 69.0 cm³/mol. The van der Waals surface area contributed by atoms with Gasteiger partial charge in [-0.15, -0.1) is 0 Å². The lowest BCUT2D eigenvalue weighted by Gasteiger charge is -2.01. The summed E-state index contributed by atoms with van der Waals surface area (Å²) < 4.78 is 19.3. The summed E-state index contributed by atoms with van der Waals surface area (Å²) in [6, 6.07) is 8.88. The van der Waals surface area contributed by atoms with Crippen molar-refractivity contribution < 1.29 is 8.81 Å². The van der Waals surface area contributed by atoms with E-state index in [1.165, 1.54) is 18.9 Å². The molecule has 0 spiro atoms. The highest BCUT2D eigenvalue weighted by Gasteiger charge is 2.20. The Balaban J connectivity index is 1.78. The van der Waals surface area contributed by atoms with Gasteiger partial charge in [-0.25, -0.2) is 4.39 Å². The van der Waals surface area contributed by atoms with E-state index in [9.17, 15) is 4.39 Å². The highest BCUT2D eigenvalue weighted by Crippen LogP contribution is 2.27. The molecule has 4 heteroatoms. The summed E-state index contributed by atoms with van der Waals surface area (Å²) in [5, 5.41) is 3.74. The summed E-state index contributed by atoms with van der Waals surface area (Å²) in [7, 11) is 0. The van der Waals surface area contributed by atoms with Gasteiger partial charge in [0.2, 0.25) is 0 Å². The van der Waals surface area contributed by atoms with Crippen molar-refractivity contribution in [2.24, 2.45) is 0 Å². The van der Waals surface area contributed by atoms with E-state index in [0.29, 0.717) is 28.9 Å². The molecular formula is C14H13ClFNO. The number of benzene rings is 1. The second-order valence-corrected chi connectivity index (χ2v) is 4.98. The molecule has 94 valence electrons. The van der Waals surface area contributed by atoms with Gasteiger partial charge in [0, 0.05) is 11.1 Å².